The summed E-state index contributed by atoms with van der Waals surface area (Å²) in [5.74, 6) is 0.0758. The Balaban J connectivity index is 2.12. The molecule has 0 atom stereocenters. The van der Waals surface area contributed by atoms with Crippen molar-refractivity contribution >= 4 is 28.7 Å². The third-order valence-electron chi connectivity index (χ3n) is 2.67. The van der Waals surface area contributed by atoms with E-state index in [-0.39, 0.29) is 5.78 Å². The molecule has 1 aromatic heterocycles. The van der Waals surface area contributed by atoms with Crippen LogP contribution in [0.1, 0.15) is 41.8 Å². The summed E-state index contributed by atoms with van der Waals surface area (Å²) in [6, 6.07) is 1.78. The average molecular weight is 241 g/mol. The highest BCUT2D eigenvalue weighted by Crippen LogP contribution is 2.26. The number of hydrogen-bond donors (Lipinski definition) is 0. The Bertz CT molecular complexity index is 384. The monoisotopic (exact) mass is 240 g/mol. The molecular formula is C12H13ClOS. The van der Waals surface area contributed by atoms with Crippen molar-refractivity contribution in [2.75, 3.05) is 0 Å². The van der Waals surface area contributed by atoms with Crippen molar-refractivity contribution in [3.63, 3.8) is 0 Å². The van der Waals surface area contributed by atoms with E-state index in [1.54, 1.807) is 12.1 Å². The van der Waals surface area contributed by atoms with Crippen molar-refractivity contribution in [1.29, 1.82) is 0 Å². The van der Waals surface area contributed by atoms with Gasteiger partial charge in [0.25, 0.3) is 0 Å². The van der Waals surface area contributed by atoms with Gasteiger partial charge < -0.3 is 0 Å². The normalized spacial score (nSPS) is 16.5. The van der Waals surface area contributed by atoms with Gasteiger partial charge in [0.2, 0.25) is 0 Å². The minimum absolute atomic E-state index is 0.0758. The largest absolute Gasteiger partial charge is 0.288 e. The van der Waals surface area contributed by atoms with Crippen LogP contribution < -0.4 is 0 Å². The Hall–Kier alpha value is -0.600. The van der Waals surface area contributed by atoms with Crippen molar-refractivity contribution in [3.8, 4) is 0 Å². The molecule has 0 unspecified atom stereocenters. The molecule has 0 bridgehead atoms. The molecule has 15 heavy (non-hydrogen) atoms. The van der Waals surface area contributed by atoms with Gasteiger partial charge in [-0.3, -0.25) is 4.79 Å². The summed E-state index contributed by atoms with van der Waals surface area (Å²) < 4.78 is 0. The molecule has 0 aliphatic heterocycles. The molecule has 2 rings (SSSR count). The van der Waals surface area contributed by atoms with E-state index in [4.69, 9.17) is 11.6 Å². The Morgan fingerprint density at radius 1 is 1.33 bits per heavy atom. The molecule has 0 saturated heterocycles. The molecule has 1 saturated carbocycles. The minimum Gasteiger partial charge on any atom is -0.288 e. The van der Waals surface area contributed by atoms with E-state index < -0.39 is 0 Å². The van der Waals surface area contributed by atoms with Gasteiger partial charge in [-0.15, -0.1) is 11.3 Å². The lowest BCUT2D eigenvalue weighted by molar-refractivity contribution is 0.104. The van der Waals surface area contributed by atoms with Gasteiger partial charge in [-0.2, -0.15) is 0 Å². The molecule has 1 aliphatic rings. The Morgan fingerprint density at radius 3 is 2.67 bits per heavy atom. The number of rotatable bonds is 2. The number of allylic oxidation sites excluding steroid dienone is 2. The van der Waals surface area contributed by atoms with Gasteiger partial charge in [0.1, 0.15) is 0 Å². The molecule has 1 aliphatic carbocycles. The Labute approximate surface area is 98.8 Å². The maximum absolute atomic E-state index is 11.8. The fourth-order valence-electron chi connectivity index (χ4n) is 1.87. The van der Waals surface area contributed by atoms with Crippen molar-refractivity contribution in [3.05, 3.63) is 33.0 Å². The summed E-state index contributed by atoms with van der Waals surface area (Å²) in [6.07, 6.45) is 7.68. The lowest BCUT2D eigenvalue weighted by atomic mass is 9.94. The highest BCUT2D eigenvalue weighted by atomic mass is 35.5. The second-order valence-electron chi connectivity index (χ2n) is 3.83. The fraction of sp³-hybridized carbons (Fsp3) is 0.417. The predicted octanol–water partition coefficient (Wildman–Crippen LogP) is 4.47. The van der Waals surface area contributed by atoms with Crippen molar-refractivity contribution in [1.82, 2.24) is 0 Å². The summed E-state index contributed by atoms with van der Waals surface area (Å²) in [7, 11) is 0. The first-order chi connectivity index (χ1) is 7.27. The molecule has 0 aromatic carbocycles. The first-order valence-electron chi connectivity index (χ1n) is 5.24. The van der Waals surface area contributed by atoms with Gasteiger partial charge in [0, 0.05) is 0 Å². The van der Waals surface area contributed by atoms with Crippen LogP contribution in [0, 0.1) is 0 Å². The highest BCUT2D eigenvalue weighted by molar-refractivity contribution is 7.13. The number of hydrogen-bond acceptors (Lipinski definition) is 2. The second-order valence-corrected chi connectivity index (χ2v) is 5.15. The first-order valence-corrected chi connectivity index (χ1v) is 6.50. The molecule has 0 amide bonds. The zero-order valence-electron chi connectivity index (χ0n) is 8.46. The molecule has 0 spiro atoms. The van der Waals surface area contributed by atoms with Crippen LogP contribution in [0.4, 0.5) is 0 Å². The third-order valence-corrected chi connectivity index (χ3v) is 4.03. The van der Waals surface area contributed by atoms with Gasteiger partial charge in [-0.05, 0) is 43.2 Å². The quantitative estimate of drug-likeness (QED) is 0.551. The van der Waals surface area contributed by atoms with Crippen molar-refractivity contribution < 1.29 is 4.79 Å². The van der Waals surface area contributed by atoms with Gasteiger partial charge >= 0.3 is 0 Å². The van der Waals surface area contributed by atoms with Crippen LogP contribution in [0.15, 0.2) is 23.1 Å². The van der Waals surface area contributed by atoms with E-state index in [1.807, 2.05) is 5.38 Å². The zero-order chi connectivity index (χ0) is 10.7. The van der Waals surface area contributed by atoms with Crippen molar-refractivity contribution in [2.24, 2.45) is 0 Å². The van der Waals surface area contributed by atoms with Crippen LogP contribution in [0.2, 0.25) is 5.02 Å². The molecule has 1 nitrogen and oxygen atoms in total. The van der Waals surface area contributed by atoms with E-state index in [1.165, 1.54) is 36.2 Å². The van der Waals surface area contributed by atoms with Gasteiger partial charge in [-0.25, -0.2) is 0 Å². The smallest absolute Gasteiger partial charge is 0.197 e. The van der Waals surface area contributed by atoms with Gasteiger partial charge in [0.05, 0.1) is 9.90 Å². The second kappa shape index (κ2) is 4.95. The molecule has 1 aromatic rings. The molecule has 80 valence electrons. The van der Waals surface area contributed by atoms with E-state index in [9.17, 15) is 4.79 Å². The van der Waals surface area contributed by atoms with Crippen LogP contribution in [-0.2, 0) is 0 Å². The number of thiophene rings is 1. The molecule has 0 radical (unpaired) electrons. The first kappa shape index (κ1) is 10.9. The fourth-order valence-corrected chi connectivity index (χ4v) is 2.93. The van der Waals surface area contributed by atoms with Gasteiger partial charge in [-0.1, -0.05) is 23.6 Å². The maximum atomic E-state index is 11.8. The lowest BCUT2D eigenvalue weighted by Gasteiger charge is -2.12. The number of carbonyl (C=O) groups excluding carboxylic acids is 1. The van der Waals surface area contributed by atoms with E-state index >= 15 is 0 Å². The standard InChI is InChI=1S/C12H13ClOS/c13-10-6-7-15-12(10)11(14)8-9-4-2-1-3-5-9/h6-8H,1-5H2. The number of carbonyl (C=O) groups is 1. The SMILES string of the molecule is O=C(C=C1CCCCC1)c1sccc1Cl. The molecule has 3 heteroatoms. The Kier molecular flexibility index (Phi) is 3.60. The van der Waals surface area contributed by atoms with Crippen LogP contribution in [0.25, 0.3) is 0 Å². The van der Waals surface area contributed by atoms with Crippen LogP contribution in [0.5, 0.6) is 0 Å². The zero-order valence-corrected chi connectivity index (χ0v) is 10.0. The summed E-state index contributed by atoms with van der Waals surface area (Å²) in [5.41, 5.74) is 1.29. The summed E-state index contributed by atoms with van der Waals surface area (Å²) in [4.78, 5) is 12.5. The van der Waals surface area contributed by atoms with E-state index in [0.717, 1.165) is 12.8 Å². The molecule has 1 fully saturated rings. The summed E-state index contributed by atoms with van der Waals surface area (Å²) >= 11 is 7.33. The number of halogens is 1. The summed E-state index contributed by atoms with van der Waals surface area (Å²) in [5, 5.41) is 2.44. The highest BCUT2D eigenvalue weighted by Gasteiger charge is 2.12. The van der Waals surface area contributed by atoms with Crippen LogP contribution >= 0.6 is 22.9 Å². The molecular weight excluding hydrogens is 228 g/mol. The number of ketones is 1. The predicted molar refractivity (Wildman–Crippen MR) is 64.8 cm³/mol. The lowest BCUT2D eigenvalue weighted by Crippen LogP contribution is -1.99. The average Bonchev–Trinajstić information content (AvgIpc) is 2.66. The van der Waals surface area contributed by atoms with Crippen LogP contribution in [-0.4, -0.2) is 5.78 Å². The topological polar surface area (TPSA) is 17.1 Å². The maximum Gasteiger partial charge on any atom is 0.197 e. The van der Waals surface area contributed by atoms with E-state index in [0.29, 0.717) is 9.90 Å². The minimum atomic E-state index is 0.0758. The van der Waals surface area contributed by atoms with Gasteiger partial charge in [0.15, 0.2) is 5.78 Å². The molecule has 1 heterocycles. The Morgan fingerprint density at radius 2 is 2.07 bits per heavy atom. The summed E-state index contributed by atoms with van der Waals surface area (Å²) in [6.45, 7) is 0. The molecule has 0 N–H and O–H groups in total. The van der Waals surface area contributed by atoms with E-state index in [2.05, 4.69) is 0 Å². The van der Waals surface area contributed by atoms with Crippen LogP contribution in [0.3, 0.4) is 0 Å². The third kappa shape index (κ3) is 2.70. The van der Waals surface area contributed by atoms with Crippen molar-refractivity contribution in [2.45, 2.75) is 32.1 Å².